The summed E-state index contributed by atoms with van der Waals surface area (Å²) in [5.41, 5.74) is 1.57. The van der Waals surface area contributed by atoms with Gasteiger partial charge in [-0.3, -0.25) is 4.79 Å². The fourth-order valence-corrected chi connectivity index (χ4v) is 2.80. The minimum atomic E-state index is -0.113. The fraction of sp³-hybridized carbons (Fsp3) is 0.227. The zero-order chi connectivity index (χ0) is 18.4. The average Bonchev–Trinajstić information content (AvgIpc) is 2.66. The van der Waals surface area contributed by atoms with Crippen LogP contribution in [0.3, 0.4) is 0 Å². The van der Waals surface area contributed by atoms with E-state index in [1.807, 2.05) is 56.3 Å². The van der Waals surface area contributed by atoms with E-state index in [1.165, 1.54) is 5.39 Å². The second-order valence-electron chi connectivity index (χ2n) is 6.03. The Morgan fingerprint density at radius 2 is 1.77 bits per heavy atom. The van der Waals surface area contributed by atoms with Crippen LogP contribution in [0.5, 0.6) is 11.5 Å². The molecule has 3 aromatic carbocycles. The molecule has 0 fully saturated rings. The van der Waals surface area contributed by atoms with Crippen LogP contribution in [0, 0.1) is 6.92 Å². The van der Waals surface area contributed by atoms with E-state index >= 15 is 0 Å². The number of hydrogen-bond donors (Lipinski definition) is 1. The second-order valence-corrected chi connectivity index (χ2v) is 6.03. The van der Waals surface area contributed by atoms with Gasteiger partial charge in [0, 0.05) is 5.56 Å². The average molecular weight is 349 g/mol. The topological polar surface area (TPSA) is 47.6 Å². The summed E-state index contributed by atoms with van der Waals surface area (Å²) < 4.78 is 11.2. The molecule has 4 nitrogen and oxygen atoms in total. The van der Waals surface area contributed by atoms with E-state index in [0.29, 0.717) is 25.3 Å². The van der Waals surface area contributed by atoms with Crippen molar-refractivity contribution < 1.29 is 14.3 Å². The first-order chi connectivity index (χ1) is 12.7. The first-order valence-corrected chi connectivity index (χ1v) is 8.80. The van der Waals surface area contributed by atoms with E-state index in [4.69, 9.17) is 9.47 Å². The number of aryl methyl sites for hydroxylation is 1. The molecule has 1 N–H and O–H groups in total. The van der Waals surface area contributed by atoms with Crippen LogP contribution >= 0.6 is 0 Å². The Kier molecular flexibility index (Phi) is 5.74. The summed E-state index contributed by atoms with van der Waals surface area (Å²) in [7, 11) is 0. The molecule has 0 radical (unpaired) electrons. The van der Waals surface area contributed by atoms with Gasteiger partial charge in [0.15, 0.2) is 0 Å². The first-order valence-electron chi connectivity index (χ1n) is 8.80. The predicted octanol–water partition coefficient (Wildman–Crippen LogP) is 4.36. The lowest BCUT2D eigenvalue weighted by atomic mass is 10.1. The third-order valence-corrected chi connectivity index (χ3v) is 4.11. The highest BCUT2D eigenvalue weighted by Crippen LogP contribution is 2.21. The summed E-state index contributed by atoms with van der Waals surface area (Å²) in [4.78, 5) is 12.2. The van der Waals surface area contributed by atoms with E-state index in [1.54, 1.807) is 6.07 Å². The van der Waals surface area contributed by atoms with E-state index < -0.39 is 0 Å². The molecule has 0 aliphatic rings. The molecule has 1 amide bonds. The van der Waals surface area contributed by atoms with Crippen LogP contribution in [-0.2, 0) is 0 Å². The molecular weight excluding hydrogens is 326 g/mol. The molecule has 26 heavy (non-hydrogen) atoms. The Morgan fingerprint density at radius 1 is 0.962 bits per heavy atom. The van der Waals surface area contributed by atoms with Crippen molar-refractivity contribution in [1.29, 1.82) is 0 Å². The largest absolute Gasteiger partial charge is 0.494 e. The van der Waals surface area contributed by atoms with E-state index in [-0.39, 0.29) is 5.91 Å². The highest BCUT2D eigenvalue weighted by molar-refractivity contribution is 5.94. The minimum absolute atomic E-state index is 0.113. The Labute approximate surface area is 153 Å². The van der Waals surface area contributed by atoms with Crippen molar-refractivity contribution >= 4 is 16.7 Å². The number of rotatable bonds is 7. The molecule has 0 atom stereocenters. The van der Waals surface area contributed by atoms with Crippen LogP contribution in [0.4, 0.5) is 0 Å². The molecule has 0 unspecified atom stereocenters. The Bertz CT molecular complexity index is 905. The van der Waals surface area contributed by atoms with Crippen LogP contribution < -0.4 is 14.8 Å². The molecule has 0 aromatic heterocycles. The minimum Gasteiger partial charge on any atom is -0.494 e. The molecule has 0 heterocycles. The van der Waals surface area contributed by atoms with Gasteiger partial charge in [-0.15, -0.1) is 0 Å². The molecule has 0 saturated heterocycles. The molecule has 0 bridgehead atoms. The Hall–Kier alpha value is -3.01. The van der Waals surface area contributed by atoms with E-state index in [2.05, 4.69) is 17.4 Å². The van der Waals surface area contributed by atoms with Crippen molar-refractivity contribution in [2.45, 2.75) is 13.8 Å². The monoisotopic (exact) mass is 349 g/mol. The zero-order valence-electron chi connectivity index (χ0n) is 15.1. The second kappa shape index (κ2) is 8.39. The van der Waals surface area contributed by atoms with Crippen LogP contribution in [0.1, 0.15) is 22.8 Å². The summed E-state index contributed by atoms with van der Waals surface area (Å²) in [6.45, 7) is 5.34. The molecule has 0 spiro atoms. The number of ether oxygens (including phenoxy) is 2. The van der Waals surface area contributed by atoms with Crippen molar-refractivity contribution in [3.63, 3.8) is 0 Å². The van der Waals surface area contributed by atoms with Gasteiger partial charge in [-0.25, -0.2) is 0 Å². The van der Waals surface area contributed by atoms with Gasteiger partial charge in [0.1, 0.15) is 18.1 Å². The van der Waals surface area contributed by atoms with Gasteiger partial charge in [0.25, 0.3) is 5.91 Å². The first kappa shape index (κ1) is 17.8. The van der Waals surface area contributed by atoms with E-state index in [0.717, 1.165) is 22.4 Å². The van der Waals surface area contributed by atoms with Crippen molar-refractivity contribution in [2.75, 3.05) is 19.8 Å². The number of hydrogen-bond acceptors (Lipinski definition) is 3. The SMILES string of the molecule is CCOc1ccc(C(=O)NCCOc2ccc3ccccc3c2)cc1C. The smallest absolute Gasteiger partial charge is 0.251 e. The molecular formula is C22H23NO3. The van der Waals surface area contributed by atoms with Gasteiger partial charge < -0.3 is 14.8 Å². The van der Waals surface area contributed by atoms with Crippen LogP contribution in [-0.4, -0.2) is 25.7 Å². The number of fused-ring (bicyclic) bond motifs is 1. The lowest BCUT2D eigenvalue weighted by Gasteiger charge is -2.10. The van der Waals surface area contributed by atoms with Gasteiger partial charge in [0.2, 0.25) is 0 Å². The molecule has 3 aromatic rings. The molecule has 3 rings (SSSR count). The highest BCUT2D eigenvalue weighted by Gasteiger charge is 2.08. The van der Waals surface area contributed by atoms with Gasteiger partial charge in [0.05, 0.1) is 13.2 Å². The lowest BCUT2D eigenvalue weighted by molar-refractivity contribution is 0.0947. The van der Waals surface area contributed by atoms with Crippen LogP contribution in [0.2, 0.25) is 0 Å². The van der Waals surface area contributed by atoms with Crippen LogP contribution in [0.15, 0.2) is 60.7 Å². The standard InChI is InChI=1S/C22H23NO3/c1-3-25-21-11-9-19(14-16(21)2)22(24)23-12-13-26-20-10-8-17-6-4-5-7-18(17)15-20/h4-11,14-15H,3,12-13H2,1-2H3,(H,23,24). The number of amides is 1. The maximum absolute atomic E-state index is 12.2. The fourth-order valence-electron chi connectivity index (χ4n) is 2.80. The summed E-state index contributed by atoms with van der Waals surface area (Å²) in [5.74, 6) is 1.50. The molecule has 0 aliphatic heterocycles. The van der Waals surface area contributed by atoms with E-state index in [9.17, 15) is 4.79 Å². The van der Waals surface area contributed by atoms with Crippen molar-refractivity contribution in [3.05, 3.63) is 71.8 Å². The van der Waals surface area contributed by atoms with Crippen molar-refractivity contribution in [3.8, 4) is 11.5 Å². The third-order valence-electron chi connectivity index (χ3n) is 4.11. The van der Waals surface area contributed by atoms with Crippen molar-refractivity contribution in [1.82, 2.24) is 5.32 Å². The summed E-state index contributed by atoms with van der Waals surface area (Å²) in [6, 6.07) is 19.6. The van der Waals surface area contributed by atoms with Gasteiger partial charge >= 0.3 is 0 Å². The molecule has 0 aliphatic carbocycles. The summed E-state index contributed by atoms with van der Waals surface area (Å²) in [5, 5.41) is 5.20. The molecule has 134 valence electrons. The number of carbonyl (C=O) groups is 1. The van der Waals surface area contributed by atoms with Gasteiger partial charge in [-0.2, -0.15) is 0 Å². The van der Waals surface area contributed by atoms with Crippen molar-refractivity contribution in [2.24, 2.45) is 0 Å². The Balaban J connectivity index is 1.51. The number of benzene rings is 3. The normalized spacial score (nSPS) is 10.5. The lowest BCUT2D eigenvalue weighted by Crippen LogP contribution is -2.28. The van der Waals surface area contributed by atoms with Gasteiger partial charge in [-0.1, -0.05) is 30.3 Å². The Morgan fingerprint density at radius 3 is 2.54 bits per heavy atom. The third kappa shape index (κ3) is 4.33. The summed E-state index contributed by atoms with van der Waals surface area (Å²) in [6.07, 6.45) is 0. The maximum atomic E-state index is 12.2. The maximum Gasteiger partial charge on any atom is 0.251 e. The van der Waals surface area contributed by atoms with Crippen LogP contribution in [0.25, 0.3) is 10.8 Å². The molecule has 4 heteroatoms. The number of nitrogens with one attached hydrogen (secondary N) is 1. The molecule has 0 saturated carbocycles. The zero-order valence-corrected chi connectivity index (χ0v) is 15.1. The predicted molar refractivity (Wildman–Crippen MR) is 104 cm³/mol. The quantitative estimate of drug-likeness (QED) is 0.645. The highest BCUT2D eigenvalue weighted by atomic mass is 16.5. The van der Waals surface area contributed by atoms with Gasteiger partial charge in [-0.05, 0) is 60.5 Å². The number of carbonyl (C=O) groups excluding carboxylic acids is 1. The summed E-state index contributed by atoms with van der Waals surface area (Å²) >= 11 is 0.